The number of aromatic nitrogens is 2. The van der Waals surface area contributed by atoms with Gasteiger partial charge in [-0.15, -0.1) is 10.2 Å². The summed E-state index contributed by atoms with van der Waals surface area (Å²) in [6, 6.07) is 11.4. The average Bonchev–Trinajstić information content (AvgIpc) is 3.37. The lowest BCUT2D eigenvalue weighted by molar-refractivity contribution is -0.142. The molecule has 0 radical (unpaired) electrons. The monoisotopic (exact) mass is 499 g/mol. The van der Waals surface area contributed by atoms with Gasteiger partial charge in [-0.3, -0.25) is 9.59 Å². The molecule has 0 saturated carbocycles. The first-order chi connectivity index (χ1) is 16.9. The van der Waals surface area contributed by atoms with E-state index in [1.54, 1.807) is 4.90 Å². The zero-order valence-corrected chi connectivity index (χ0v) is 21.3. The van der Waals surface area contributed by atoms with Crippen LogP contribution in [0.25, 0.3) is 11.3 Å². The summed E-state index contributed by atoms with van der Waals surface area (Å²) in [5, 5.41) is 9.39. The van der Waals surface area contributed by atoms with Crippen LogP contribution in [0.1, 0.15) is 33.1 Å². The number of amides is 2. The van der Waals surface area contributed by atoms with Crippen LogP contribution in [0.15, 0.2) is 36.4 Å². The van der Waals surface area contributed by atoms with Crippen LogP contribution in [0.2, 0.25) is 5.02 Å². The molecule has 4 rings (SSSR count). The molecule has 1 atom stereocenters. The maximum atomic E-state index is 13.1. The van der Waals surface area contributed by atoms with Crippen LogP contribution in [0, 0.1) is 5.92 Å². The van der Waals surface area contributed by atoms with Gasteiger partial charge in [-0.05, 0) is 37.0 Å². The first-order valence-corrected chi connectivity index (χ1v) is 12.8. The lowest BCUT2D eigenvalue weighted by Crippen LogP contribution is -2.52. The summed E-state index contributed by atoms with van der Waals surface area (Å²) in [4.78, 5) is 31.6. The Kier molecular flexibility index (Phi) is 8.57. The molecule has 3 heterocycles. The van der Waals surface area contributed by atoms with Crippen LogP contribution in [0.4, 0.5) is 5.82 Å². The Morgan fingerprint density at radius 3 is 2.51 bits per heavy atom. The van der Waals surface area contributed by atoms with Gasteiger partial charge in [0.25, 0.3) is 0 Å². The molecule has 2 aliphatic heterocycles. The van der Waals surface area contributed by atoms with Crippen LogP contribution in [-0.4, -0.2) is 83.8 Å². The minimum Gasteiger partial charge on any atom is -0.376 e. The smallest absolute Gasteiger partial charge is 0.242 e. The average molecular weight is 500 g/mol. The predicted octanol–water partition coefficient (Wildman–Crippen LogP) is 3.50. The van der Waals surface area contributed by atoms with E-state index in [9.17, 15) is 9.59 Å². The third kappa shape index (κ3) is 6.70. The Labute approximate surface area is 212 Å². The molecule has 1 unspecified atom stereocenters. The van der Waals surface area contributed by atoms with Crippen molar-refractivity contribution in [1.82, 2.24) is 20.0 Å². The number of ether oxygens (including phenoxy) is 1. The quantitative estimate of drug-likeness (QED) is 0.553. The number of hydrogen-bond donors (Lipinski definition) is 0. The summed E-state index contributed by atoms with van der Waals surface area (Å²) >= 11 is 6.27. The van der Waals surface area contributed by atoms with Crippen molar-refractivity contribution < 1.29 is 14.3 Å². The summed E-state index contributed by atoms with van der Waals surface area (Å²) in [5.41, 5.74) is 1.58. The highest BCUT2D eigenvalue weighted by atomic mass is 35.5. The molecule has 1 aromatic heterocycles. The van der Waals surface area contributed by atoms with Crippen LogP contribution < -0.4 is 4.90 Å². The Morgan fingerprint density at radius 2 is 1.89 bits per heavy atom. The number of benzene rings is 1. The van der Waals surface area contributed by atoms with Gasteiger partial charge >= 0.3 is 0 Å². The zero-order chi connectivity index (χ0) is 24.8. The van der Waals surface area contributed by atoms with Crippen molar-refractivity contribution >= 4 is 29.2 Å². The number of hydrogen-bond acceptors (Lipinski definition) is 6. The number of carbonyl (C=O) groups excluding carboxylic acids is 2. The van der Waals surface area contributed by atoms with Gasteiger partial charge in [-0.1, -0.05) is 43.6 Å². The molecule has 2 aliphatic rings. The Morgan fingerprint density at radius 1 is 1.11 bits per heavy atom. The van der Waals surface area contributed by atoms with E-state index < -0.39 is 0 Å². The molecule has 0 aliphatic carbocycles. The van der Waals surface area contributed by atoms with Crippen LogP contribution >= 0.6 is 11.6 Å². The molecule has 1 aromatic carbocycles. The van der Waals surface area contributed by atoms with E-state index in [4.69, 9.17) is 16.3 Å². The van der Waals surface area contributed by atoms with Gasteiger partial charge in [-0.2, -0.15) is 0 Å². The van der Waals surface area contributed by atoms with Gasteiger partial charge in [0.05, 0.1) is 23.4 Å². The summed E-state index contributed by atoms with van der Waals surface area (Å²) in [6.07, 6.45) is 2.42. The third-order valence-corrected chi connectivity index (χ3v) is 6.80. The van der Waals surface area contributed by atoms with E-state index in [0.29, 0.717) is 44.2 Å². The molecule has 0 N–H and O–H groups in total. The lowest BCUT2D eigenvalue weighted by atomic mass is 10.1. The van der Waals surface area contributed by atoms with Crippen molar-refractivity contribution in [3.8, 4) is 11.3 Å². The predicted molar refractivity (Wildman–Crippen MR) is 136 cm³/mol. The first-order valence-electron chi connectivity index (χ1n) is 12.4. The van der Waals surface area contributed by atoms with Gasteiger partial charge in [0.2, 0.25) is 11.8 Å². The number of rotatable bonds is 8. The second kappa shape index (κ2) is 11.8. The number of anilines is 1. The van der Waals surface area contributed by atoms with Crippen LogP contribution in [0.3, 0.4) is 0 Å². The van der Waals surface area contributed by atoms with E-state index in [1.165, 1.54) is 0 Å². The molecule has 35 heavy (non-hydrogen) atoms. The van der Waals surface area contributed by atoms with Gasteiger partial charge in [-0.25, -0.2) is 0 Å². The molecule has 188 valence electrons. The largest absolute Gasteiger partial charge is 0.376 e. The molecule has 0 bridgehead atoms. The number of halogens is 1. The fourth-order valence-electron chi connectivity index (χ4n) is 4.52. The maximum Gasteiger partial charge on any atom is 0.242 e. The lowest BCUT2D eigenvalue weighted by Gasteiger charge is -2.36. The standard InChI is InChI=1S/C26H34ClN5O3/c1-19(2)16-25(33)32(17-20-6-5-15-35-20)18-26(34)31-13-11-30(12-14-31)24-10-9-23(28-29-24)21-7-3-4-8-22(21)27/h3-4,7-10,19-20H,5-6,11-18H2,1-2H3. The molecule has 2 saturated heterocycles. The highest BCUT2D eigenvalue weighted by molar-refractivity contribution is 6.33. The van der Waals surface area contributed by atoms with E-state index in [1.807, 2.05) is 55.1 Å². The van der Waals surface area contributed by atoms with E-state index >= 15 is 0 Å². The highest BCUT2D eigenvalue weighted by Crippen LogP contribution is 2.26. The number of piperazine rings is 1. The van der Waals surface area contributed by atoms with Crippen LogP contribution in [-0.2, 0) is 14.3 Å². The topological polar surface area (TPSA) is 78.9 Å². The van der Waals surface area contributed by atoms with Crippen molar-refractivity contribution in [2.45, 2.75) is 39.2 Å². The fourth-order valence-corrected chi connectivity index (χ4v) is 4.75. The van der Waals surface area contributed by atoms with Crippen molar-refractivity contribution in [2.75, 3.05) is 50.8 Å². The SMILES string of the molecule is CC(C)CC(=O)N(CC(=O)N1CCN(c2ccc(-c3ccccc3Cl)nn2)CC1)CC1CCCO1. The molecule has 9 heteroatoms. The Bertz CT molecular complexity index is 1000. The molecule has 8 nitrogen and oxygen atoms in total. The minimum atomic E-state index is -0.0140. The van der Waals surface area contributed by atoms with Gasteiger partial charge in [0, 0.05) is 51.3 Å². The van der Waals surface area contributed by atoms with Crippen molar-refractivity contribution in [3.05, 3.63) is 41.4 Å². The molecule has 2 aromatic rings. The van der Waals surface area contributed by atoms with Gasteiger partial charge in [0.1, 0.15) is 0 Å². The van der Waals surface area contributed by atoms with E-state index in [2.05, 4.69) is 15.1 Å². The van der Waals surface area contributed by atoms with E-state index in [-0.39, 0.29) is 30.4 Å². The van der Waals surface area contributed by atoms with Gasteiger partial charge < -0.3 is 19.4 Å². The summed E-state index contributed by atoms with van der Waals surface area (Å²) in [6.45, 7) is 7.87. The third-order valence-electron chi connectivity index (χ3n) is 6.47. The number of nitrogens with zero attached hydrogens (tertiary/aromatic N) is 5. The van der Waals surface area contributed by atoms with Crippen molar-refractivity contribution in [2.24, 2.45) is 5.92 Å². The van der Waals surface area contributed by atoms with Gasteiger partial charge in [0.15, 0.2) is 5.82 Å². The second-order valence-electron chi connectivity index (χ2n) is 9.63. The Balaban J connectivity index is 1.32. The van der Waals surface area contributed by atoms with Crippen LogP contribution in [0.5, 0.6) is 0 Å². The number of carbonyl (C=O) groups is 2. The maximum absolute atomic E-state index is 13.1. The summed E-state index contributed by atoms with van der Waals surface area (Å²) in [5.74, 6) is 1.04. The Hall–Kier alpha value is -2.71. The zero-order valence-electron chi connectivity index (χ0n) is 20.5. The molecule has 2 amide bonds. The summed E-state index contributed by atoms with van der Waals surface area (Å²) < 4.78 is 5.73. The van der Waals surface area contributed by atoms with Crippen molar-refractivity contribution in [3.63, 3.8) is 0 Å². The summed E-state index contributed by atoms with van der Waals surface area (Å²) in [7, 11) is 0. The molecular formula is C26H34ClN5O3. The van der Waals surface area contributed by atoms with Crippen molar-refractivity contribution in [1.29, 1.82) is 0 Å². The van der Waals surface area contributed by atoms with E-state index in [0.717, 1.165) is 36.5 Å². The fraction of sp³-hybridized carbons (Fsp3) is 0.538. The molecule has 0 spiro atoms. The molecular weight excluding hydrogens is 466 g/mol. The minimum absolute atomic E-state index is 0.0140. The molecule has 2 fully saturated rings. The normalized spacial score (nSPS) is 18.2. The highest BCUT2D eigenvalue weighted by Gasteiger charge is 2.28. The first kappa shape index (κ1) is 25.4. The second-order valence-corrected chi connectivity index (χ2v) is 10.0.